The third kappa shape index (κ3) is 3.52. The number of carbonyl (C=O) groups excluding carboxylic acids is 1. The van der Waals surface area contributed by atoms with Crippen LogP contribution in [0.25, 0.3) is 11.4 Å². The highest BCUT2D eigenvalue weighted by atomic mass is 32.3. The van der Waals surface area contributed by atoms with Gasteiger partial charge in [-0.1, -0.05) is 0 Å². The Balaban J connectivity index is 1.84. The molecule has 4 rings (SSSR count). The Labute approximate surface area is 160 Å². The van der Waals surface area contributed by atoms with E-state index in [0.29, 0.717) is 48.8 Å². The van der Waals surface area contributed by atoms with Crippen LogP contribution in [0, 0.1) is 17.5 Å². The smallest absolute Gasteiger partial charge is 0.221 e. The number of halogens is 3. The zero-order valence-electron chi connectivity index (χ0n) is 14.6. The minimum absolute atomic E-state index is 0.0456. The first-order chi connectivity index (χ1) is 13.2. The van der Waals surface area contributed by atoms with Crippen LogP contribution in [0.1, 0.15) is 17.7 Å². The fraction of sp³-hybridized carbons (Fsp3) is 0.353. The van der Waals surface area contributed by atoms with Crippen molar-refractivity contribution in [2.45, 2.75) is 17.9 Å². The fourth-order valence-corrected chi connectivity index (χ4v) is 4.88. The summed E-state index contributed by atoms with van der Waals surface area (Å²) in [7, 11) is -2.95. The molecule has 1 amide bonds. The summed E-state index contributed by atoms with van der Waals surface area (Å²) in [6.45, 7) is 1.10. The van der Waals surface area contributed by atoms with Crippen LogP contribution in [0.3, 0.4) is 0 Å². The van der Waals surface area contributed by atoms with Gasteiger partial charge < -0.3 is 10.2 Å². The van der Waals surface area contributed by atoms with Crippen molar-refractivity contribution >= 4 is 22.3 Å². The predicted molar refractivity (Wildman–Crippen MR) is 97.4 cm³/mol. The third-order valence-corrected chi connectivity index (χ3v) is 6.16. The van der Waals surface area contributed by atoms with E-state index in [4.69, 9.17) is 0 Å². The van der Waals surface area contributed by atoms with E-state index in [1.165, 1.54) is 0 Å². The molecule has 0 aliphatic carbocycles. The van der Waals surface area contributed by atoms with Crippen LogP contribution in [0.2, 0.25) is 0 Å². The summed E-state index contributed by atoms with van der Waals surface area (Å²) in [5, 5.41) is 2.73. The van der Waals surface area contributed by atoms with E-state index in [1.807, 2.05) is 0 Å². The summed E-state index contributed by atoms with van der Waals surface area (Å²) in [5.41, 5.74) is 0.518. The highest BCUT2D eigenvalue weighted by molar-refractivity contribution is 8.23. The third-order valence-electron chi connectivity index (χ3n) is 4.68. The number of rotatable bonds is 2. The van der Waals surface area contributed by atoms with Crippen molar-refractivity contribution in [1.29, 1.82) is 0 Å². The van der Waals surface area contributed by atoms with Gasteiger partial charge in [-0.3, -0.25) is 13.9 Å². The summed E-state index contributed by atoms with van der Waals surface area (Å²) < 4.78 is 61.5. The van der Waals surface area contributed by atoms with E-state index in [2.05, 4.69) is 15.3 Å². The number of anilines is 1. The van der Waals surface area contributed by atoms with Gasteiger partial charge in [-0.05, 0) is 6.07 Å². The summed E-state index contributed by atoms with van der Waals surface area (Å²) in [6, 6.07) is 1.10. The number of benzene rings is 1. The Morgan fingerprint density at radius 1 is 1.04 bits per heavy atom. The van der Waals surface area contributed by atoms with Crippen LogP contribution in [0.5, 0.6) is 0 Å². The molecule has 1 fully saturated rings. The molecule has 2 aliphatic rings. The van der Waals surface area contributed by atoms with Crippen LogP contribution in [0.15, 0.2) is 12.1 Å². The van der Waals surface area contributed by atoms with Crippen LogP contribution in [-0.4, -0.2) is 44.6 Å². The Morgan fingerprint density at radius 2 is 1.79 bits per heavy atom. The van der Waals surface area contributed by atoms with Gasteiger partial charge in [0.15, 0.2) is 17.5 Å². The second-order valence-electron chi connectivity index (χ2n) is 6.72. The SMILES string of the molecule is O=C1CCN(c2nc(-c3cc(F)c(F)cc3F)nc3c2CS(O)(O)C3)CCN1. The van der Waals surface area contributed by atoms with Crippen LogP contribution < -0.4 is 10.2 Å². The molecule has 0 saturated carbocycles. The van der Waals surface area contributed by atoms with Crippen molar-refractivity contribution in [3.63, 3.8) is 0 Å². The molecule has 3 N–H and O–H groups in total. The first-order valence-electron chi connectivity index (χ1n) is 8.53. The molecule has 0 bridgehead atoms. The number of nitrogens with zero attached hydrogens (tertiary/aromatic N) is 3. The summed E-state index contributed by atoms with van der Waals surface area (Å²) in [6.07, 6.45) is 0.212. The molecule has 1 saturated heterocycles. The van der Waals surface area contributed by atoms with Gasteiger partial charge in [0, 0.05) is 37.7 Å². The lowest BCUT2D eigenvalue weighted by atomic mass is 10.1. The second kappa shape index (κ2) is 6.90. The zero-order chi connectivity index (χ0) is 20.1. The molecule has 2 aromatic rings. The van der Waals surface area contributed by atoms with Crippen molar-refractivity contribution in [3.8, 4) is 11.4 Å². The predicted octanol–water partition coefficient (Wildman–Crippen LogP) is 2.65. The van der Waals surface area contributed by atoms with Gasteiger partial charge in [0.2, 0.25) is 5.91 Å². The summed E-state index contributed by atoms with van der Waals surface area (Å²) in [4.78, 5) is 21.9. The molecule has 0 unspecified atom stereocenters. The number of carbonyl (C=O) groups is 1. The van der Waals surface area contributed by atoms with Crippen molar-refractivity contribution in [2.24, 2.45) is 0 Å². The van der Waals surface area contributed by atoms with Crippen LogP contribution >= 0.6 is 10.6 Å². The molecule has 28 heavy (non-hydrogen) atoms. The minimum Gasteiger partial charge on any atom is -0.354 e. The van der Waals surface area contributed by atoms with Crippen LogP contribution in [-0.2, 0) is 16.3 Å². The quantitative estimate of drug-likeness (QED) is 0.654. The van der Waals surface area contributed by atoms with E-state index >= 15 is 0 Å². The number of aromatic nitrogens is 2. The standard InChI is InChI=1S/C17H17F3N4O3S/c18-11-6-13(20)12(19)5-9(11)16-22-14-8-28(26,27)7-10(14)17(23-16)24-3-1-15(25)21-2-4-24/h5-6,26-27H,1-4,7-8H2,(H,21,25). The Bertz CT molecular complexity index is 973. The lowest BCUT2D eigenvalue weighted by molar-refractivity contribution is -0.120. The van der Waals surface area contributed by atoms with E-state index in [1.54, 1.807) is 4.90 Å². The molecule has 1 aromatic heterocycles. The molecule has 2 aliphatic heterocycles. The average molecular weight is 414 g/mol. The maximum Gasteiger partial charge on any atom is 0.221 e. The molecule has 3 heterocycles. The van der Waals surface area contributed by atoms with Gasteiger partial charge in [0.1, 0.15) is 11.6 Å². The van der Waals surface area contributed by atoms with Gasteiger partial charge in [0.05, 0.1) is 22.8 Å². The fourth-order valence-electron chi connectivity index (χ4n) is 3.34. The Kier molecular flexibility index (Phi) is 4.68. The average Bonchev–Trinajstić information content (AvgIpc) is 2.78. The van der Waals surface area contributed by atoms with Crippen molar-refractivity contribution in [2.75, 3.05) is 24.5 Å². The maximum atomic E-state index is 14.3. The lowest BCUT2D eigenvalue weighted by Crippen LogP contribution is -2.30. The van der Waals surface area contributed by atoms with E-state index in [9.17, 15) is 27.1 Å². The molecule has 0 atom stereocenters. The molecular weight excluding hydrogens is 397 g/mol. The van der Waals surface area contributed by atoms with Crippen molar-refractivity contribution in [3.05, 3.63) is 40.8 Å². The van der Waals surface area contributed by atoms with Gasteiger partial charge in [0.25, 0.3) is 0 Å². The Hall–Kier alpha value is -2.37. The maximum absolute atomic E-state index is 14.3. The molecule has 11 heteroatoms. The highest BCUT2D eigenvalue weighted by Crippen LogP contribution is 2.54. The first kappa shape index (κ1) is 19.0. The van der Waals surface area contributed by atoms with E-state index in [0.717, 1.165) is 0 Å². The van der Waals surface area contributed by atoms with Gasteiger partial charge in [-0.15, -0.1) is 0 Å². The number of fused-ring (bicyclic) bond motifs is 1. The van der Waals surface area contributed by atoms with Crippen LogP contribution in [0.4, 0.5) is 19.0 Å². The second-order valence-corrected chi connectivity index (χ2v) is 8.90. The Morgan fingerprint density at radius 3 is 2.57 bits per heavy atom. The van der Waals surface area contributed by atoms with E-state index < -0.39 is 28.0 Å². The normalized spacial score (nSPS) is 19.8. The summed E-state index contributed by atoms with van der Waals surface area (Å²) in [5.74, 6) is -3.71. The number of hydrogen-bond acceptors (Lipinski definition) is 6. The van der Waals surface area contributed by atoms with Gasteiger partial charge in [-0.2, -0.15) is 10.6 Å². The topological polar surface area (TPSA) is 98.6 Å². The van der Waals surface area contributed by atoms with Crippen molar-refractivity contribution < 1.29 is 27.1 Å². The largest absolute Gasteiger partial charge is 0.354 e. The molecule has 150 valence electrons. The number of hydrogen-bond donors (Lipinski definition) is 3. The lowest BCUT2D eigenvalue weighted by Gasteiger charge is -2.26. The molecular formula is C17H17F3N4O3S. The molecule has 1 aromatic carbocycles. The van der Waals surface area contributed by atoms with Crippen molar-refractivity contribution in [1.82, 2.24) is 15.3 Å². The number of nitrogens with one attached hydrogen (secondary N) is 1. The first-order valence-corrected chi connectivity index (χ1v) is 10.4. The molecule has 7 nitrogen and oxygen atoms in total. The monoisotopic (exact) mass is 414 g/mol. The molecule has 0 radical (unpaired) electrons. The zero-order valence-corrected chi connectivity index (χ0v) is 15.4. The highest BCUT2D eigenvalue weighted by Gasteiger charge is 2.33. The molecule has 0 spiro atoms. The van der Waals surface area contributed by atoms with Gasteiger partial charge >= 0.3 is 0 Å². The minimum atomic E-state index is -2.95. The van der Waals surface area contributed by atoms with Gasteiger partial charge in [-0.25, -0.2) is 23.1 Å². The summed E-state index contributed by atoms with van der Waals surface area (Å²) >= 11 is 0. The van der Waals surface area contributed by atoms with E-state index in [-0.39, 0.29) is 35.2 Å². The number of amides is 1.